The van der Waals surface area contributed by atoms with Crippen molar-refractivity contribution in [1.82, 2.24) is 4.98 Å². The van der Waals surface area contributed by atoms with Gasteiger partial charge in [-0.2, -0.15) is 24.4 Å². The van der Waals surface area contributed by atoms with Crippen LogP contribution in [-0.2, 0) is 17.9 Å². The molecular weight excluding hydrogens is 218 g/mol. The lowest BCUT2D eigenvalue weighted by Gasteiger charge is -1.91. The fourth-order valence-electron chi connectivity index (χ4n) is 1.09. The molecule has 1 heterocycles. The highest BCUT2D eigenvalue weighted by molar-refractivity contribution is 7.98. The number of nitrogens with zero attached hydrogens (tertiary/aromatic N) is 1. The summed E-state index contributed by atoms with van der Waals surface area (Å²) in [5, 5.41) is 1.26. The average Bonchev–Trinajstić information content (AvgIpc) is 2.57. The maximum atomic E-state index is 4.59. The lowest BCUT2D eigenvalue weighted by Crippen LogP contribution is -1.85. The van der Waals surface area contributed by atoms with Gasteiger partial charge in [0.05, 0.1) is 5.69 Å². The lowest BCUT2D eigenvalue weighted by molar-refractivity contribution is 1.02. The zero-order valence-electron chi connectivity index (χ0n) is 8.04. The van der Waals surface area contributed by atoms with E-state index in [1.54, 1.807) is 0 Å². The molecular formula is C9H15NS3. The molecule has 0 atom stereocenters. The topological polar surface area (TPSA) is 12.9 Å². The van der Waals surface area contributed by atoms with Crippen molar-refractivity contribution in [1.29, 1.82) is 0 Å². The van der Waals surface area contributed by atoms with Crippen molar-refractivity contribution < 1.29 is 0 Å². The Morgan fingerprint density at radius 2 is 2.23 bits per heavy atom. The Labute approximate surface area is 93.8 Å². The highest BCUT2D eigenvalue weighted by Crippen LogP contribution is 2.24. The summed E-state index contributed by atoms with van der Waals surface area (Å²) in [4.78, 5) is 5.93. The summed E-state index contributed by atoms with van der Waals surface area (Å²) in [6.45, 7) is 4.33. The zero-order valence-corrected chi connectivity index (χ0v) is 10.6. The van der Waals surface area contributed by atoms with Crippen molar-refractivity contribution in [2.24, 2.45) is 0 Å². The first-order chi connectivity index (χ1) is 6.31. The number of hydrogen-bond acceptors (Lipinski definition) is 4. The van der Waals surface area contributed by atoms with E-state index in [1.807, 2.05) is 23.1 Å². The second kappa shape index (κ2) is 5.94. The summed E-state index contributed by atoms with van der Waals surface area (Å²) in [5.74, 6) is 3.05. The Morgan fingerprint density at radius 1 is 1.46 bits per heavy atom. The van der Waals surface area contributed by atoms with Crippen LogP contribution in [0.1, 0.15) is 29.4 Å². The molecule has 0 bridgehead atoms. The molecule has 0 unspecified atom stereocenters. The van der Waals surface area contributed by atoms with Crippen LogP contribution in [0.15, 0.2) is 0 Å². The summed E-state index contributed by atoms with van der Waals surface area (Å²) in [5.41, 5.74) is 1.24. The van der Waals surface area contributed by atoms with E-state index < -0.39 is 0 Å². The fourth-order valence-corrected chi connectivity index (χ4v) is 3.21. The van der Waals surface area contributed by atoms with Gasteiger partial charge in [0.1, 0.15) is 5.01 Å². The highest BCUT2D eigenvalue weighted by atomic mass is 32.2. The third kappa shape index (κ3) is 3.18. The number of rotatable bonds is 5. The normalized spacial score (nSPS) is 10.7. The van der Waals surface area contributed by atoms with Gasteiger partial charge in [-0.1, -0.05) is 13.8 Å². The molecule has 0 saturated heterocycles. The van der Waals surface area contributed by atoms with Gasteiger partial charge >= 0.3 is 0 Å². The monoisotopic (exact) mass is 233 g/mol. The Kier molecular flexibility index (Phi) is 5.21. The number of aryl methyl sites for hydroxylation is 1. The van der Waals surface area contributed by atoms with Crippen LogP contribution in [0, 0.1) is 0 Å². The molecule has 4 heteroatoms. The minimum absolute atomic E-state index is 0.831. The molecule has 0 aromatic carbocycles. The first-order valence-electron chi connectivity index (χ1n) is 4.47. The second-order valence-electron chi connectivity index (χ2n) is 2.63. The van der Waals surface area contributed by atoms with Crippen LogP contribution in [0.25, 0.3) is 0 Å². The SMILES string of the molecule is CCSCc1nc(CC)c(CS)s1. The Bertz CT molecular complexity index is 236. The first-order valence-corrected chi connectivity index (χ1v) is 7.08. The maximum absolute atomic E-state index is 4.59. The molecule has 0 fully saturated rings. The van der Waals surface area contributed by atoms with Crippen molar-refractivity contribution in [3.8, 4) is 0 Å². The van der Waals surface area contributed by atoms with Crippen LogP contribution >= 0.6 is 35.7 Å². The van der Waals surface area contributed by atoms with Crippen LogP contribution in [0.3, 0.4) is 0 Å². The quantitative estimate of drug-likeness (QED) is 0.783. The zero-order chi connectivity index (χ0) is 9.68. The van der Waals surface area contributed by atoms with E-state index in [9.17, 15) is 0 Å². The Hall–Kier alpha value is 0.330. The van der Waals surface area contributed by atoms with Gasteiger partial charge in [-0.3, -0.25) is 0 Å². The molecule has 1 nitrogen and oxygen atoms in total. The Morgan fingerprint density at radius 3 is 2.69 bits per heavy atom. The maximum Gasteiger partial charge on any atom is 0.103 e. The van der Waals surface area contributed by atoms with E-state index in [0.717, 1.165) is 23.7 Å². The summed E-state index contributed by atoms with van der Waals surface area (Å²) in [6, 6.07) is 0. The number of aromatic nitrogens is 1. The molecule has 0 radical (unpaired) electrons. The molecule has 0 saturated carbocycles. The number of thiazole rings is 1. The van der Waals surface area contributed by atoms with E-state index in [1.165, 1.54) is 15.6 Å². The third-order valence-electron chi connectivity index (χ3n) is 1.73. The molecule has 0 N–H and O–H groups in total. The van der Waals surface area contributed by atoms with Crippen molar-refractivity contribution >= 4 is 35.7 Å². The van der Waals surface area contributed by atoms with Crippen LogP contribution in [0.2, 0.25) is 0 Å². The first kappa shape index (κ1) is 11.4. The van der Waals surface area contributed by atoms with E-state index in [2.05, 4.69) is 31.5 Å². The van der Waals surface area contributed by atoms with Gasteiger partial charge in [0, 0.05) is 16.4 Å². The molecule has 1 rings (SSSR count). The molecule has 74 valence electrons. The van der Waals surface area contributed by atoms with Crippen molar-refractivity contribution in [2.75, 3.05) is 5.75 Å². The van der Waals surface area contributed by atoms with Gasteiger partial charge in [-0.25, -0.2) is 4.98 Å². The van der Waals surface area contributed by atoms with E-state index in [4.69, 9.17) is 0 Å². The molecule has 1 aromatic rings. The molecule has 0 amide bonds. The molecule has 13 heavy (non-hydrogen) atoms. The third-order valence-corrected chi connectivity index (χ3v) is 4.43. The van der Waals surface area contributed by atoms with Gasteiger partial charge < -0.3 is 0 Å². The molecule has 0 spiro atoms. The average molecular weight is 233 g/mol. The van der Waals surface area contributed by atoms with Crippen LogP contribution < -0.4 is 0 Å². The van der Waals surface area contributed by atoms with Gasteiger partial charge in [-0.15, -0.1) is 11.3 Å². The minimum Gasteiger partial charge on any atom is -0.245 e. The fraction of sp³-hybridized carbons (Fsp3) is 0.667. The van der Waals surface area contributed by atoms with Crippen molar-refractivity contribution in [2.45, 2.75) is 31.8 Å². The van der Waals surface area contributed by atoms with E-state index >= 15 is 0 Å². The van der Waals surface area contributed by atoms with Crippen molar-refractivity contribution in [3.05, 3.63) is 15.6 Å². The van der Waals surface area contributed by atoms with Gasteiger partial charge in [0.15, 0.2) is 0 Å². The molecule has 1 aromatic heterocycles. The largest absolute Gasteiger partial charge is 0.245 e. The molecule has 0 aliphatic rings. The molecule has 0 aliphatic heterocycles. The van der Waals surface area contributed by atoms with E-state index in [-0.39, 0.29) is 0 Å². The number of thioether (sulfide) groups is 1. The minimum atomic E-state index is 0.831. The second-order valence-corrected chi connectivity index (χ2v) is 5.38. The summed E-state index contributed by atoms with van der Waals surface area (Å²) >= 11 is 8.04. The highest BCUT2D eigenvalue weighted by Gasteiger charge is 2.07. The lowest BCUT2D eigenvalue weighted by atomic mass is 10.3. The standard InChI is InChI=1S/C9H15NS3/c1-3-7-8(5-11)13-9(10-7)6-12-4-2/h11H,3-6H2,1-2H3. The van der Waals surface area contributed by atoms with E-state index in [0.29, 0.717) is 0 Å². The van der Waals surface area contributed by atoms with Gasteiger partial charge in [0.2, 0.25) is 0 Å². The Balaban J connectivity index is 2.68. The summed E-state index contributed by atoms with van der Waals surface area (Å²) < 4.78 is 0. The van der Waals surface area contributed by atoms with Gasteiger partial charge in [0.25, 0.3) is 0 Å². The number of hydrogen-bond donors (Lipinski definition) is 1. The molecule has 0 aliphatic carbocycles. The van der Waals surface area contributed by atoms with Crippen LogP contribution in [-0.4, -0.2) is 10.7 Å². The summed E-state index contributed by atoms with van der Waals surface area (Å²) in [7, 11) is 0. The van der Waals surface area contributed by atoms with Gasteiger partial charge in [-0.05, 0) is 12.2 Å². The number of thiol groups is 1. The van der Waals surface area contributed by atoms with Crippen LogP contribution in [0.4, 0.5) is 0 Å². The van der Waals surface area contributed by atoms with Crippen LogP contribution in [0.5, 0.6) is 0 Å². The summed E-state index contributed by atoms with van der Waals surface area (Å²) in [6.07, 6.45) is 1.03. The predicted octanol–water partition coefficient (Wildman–Crippen LogP) is 3.39. The van der Waals surface area contributed by atoms with Crippen molar-refractivity contribution in [3.63, 3.8) is 0 Å². The smallest absolute Gasteiger partial charge is 0.103 e. The predicted molar refractivity (Wildman–Crippen MR) is 66.0 cm³/mol.